The van der Waals surface area contributed by atoms with Crippen LogP contribution in [0.25, 0.3) is 10.8 Å². The summed E-state index contributed by atoms with van der Waals surface area (Å²) in [5, 5.41) is 11.1. The first-order valence-electron chi connectivity index (χ1n) is 13.8. The van der Waals surface area contributed by atoms with Crippen molar-refractivity contribution in [2.45, 2.75) is 38.1 Å². The van der Waals surface area contributed by atoms with Gasteiger partial charge in [0.2, 0.25) is 0 Å². The third-order valence-corrected chi connectivity index (χ3v) is 7.05. The first kappa shape index (κ1) is 28.2. The molecule has 0 bridgehead atoms. The predicted octanol–water partition coefficient (Wildman–Crippen LogP) is 5.21. The number of esters is 1. The predicted molar refractivity (Wildman–Crippen MR) is 160 cm³/mol. The summed E-state index contributed by atoms with van der Waals surface area (Å²) in [6.07, 6.45) is 6.54. The van der Waals surface area contributed by atoms with E-state index in [1.165, 1.54) is 12.6 Å². The fraction of sp³-hybridized carbons (Fsp3) is 0.182. The Kier molecular flexibility index (Phi) is 8.98. The maximum absolute atomic E-state index is 12.8. The molecule has 1 aliphatic rings. The van der Waals surface area contributed by atoms with Crippen LogP contribution in [-0.4, -0.2) is 35.9 Å². The molecular formula is C33H30N4O5. The van der Waals surface area contributed by atoms with E-state index in [9.17, 15) is 19.2 Å². The Morgan fingerprint density at radius 2 is 1.43 bits per heavy atom. The molecular weight excluding hydrogens is 532 g/mol. The number of rotatable bonds is 7. The molecule has 0 spiro atoms. The second-order valence-corrected chi connectivity index (χ2v) is 9.99. The topological polar surface area (TPSA) is 126 Å². The Morgan fingerprint density at radius 1 is 0.738 bits per heavy atom. The average Bonchev–Trinajstić information content (AvgIpc) is 3.02. The fourth-order valence-corrected chi connectivity index (χ4v) is 4.88. The molecule has 1 aliphatic carbocycles. The van der Waals surface area contributed by atoms with Crippen molar-refractivity contribution < 1.29 is 23.9 Å². The number of hydrogen-bond donors (Lipinski definition) is 3. The lowest BCUT2D eigenvalue weighted by Crippen LogP contribution is -2.37. The van der Waals surface area contributed by atoms with E-state index in [1.807, 2.05) is 30.3 Å². The van der Waals surface area contributed by atoms with Gasteiger partial charge in [0.15, 0.2) is 0 Å². The first-order valence-corrected chi connectivity index (χ1v) is 13.8. The highest BCUT2D eigenvalue weighted by molar-refractivity contribution is 6.40. The standard InChI is InChI=1S/C33H30N4O5/c38-30(35-24-11-2-1-3-12-24)28-14-6-7-16-29(28)36-31(39)32(40)37-34-21-22-17-19-25(20-18-22)42-33(41)27-15-8-10-23-9-4-5-13-26(23)27/h4-10,13-21,24H,1-3,11-12H2,(H,35,38)(H,36,39)(H,37,40)/b34-21+. The number of anilines is 1. The van der Waals surface area contributed by atoms with Crippen molar-refractivity contribution in [3.8, 4) is 5.75 Å². The van der Waals surface area contributed by atoms with Gasteiger partial charge in [0.25, 0.3) is 5.91 Å². The Hall–Kier alpha value is -5.31. The van der Waals surface area contributed by atoms with Crippen molar-refractivity contribution >= 4 is 46.4 Å². The number of amides is 3. The Morgan fingerprint density at radius 3 is 2.24 bits per heavy atom. The number of carbonyl (C=O) groups excluding carboxylic acids is 4. The smallest absolute Gasteiger partial charge is 0.344 e. The molecule has 212 valence electrons. The molecule has 0 aromatic heterocycles. The van der Waals surface area contributed by atoms with E-state index in [2.05, 4.69) is 21.2 Å². The molecule has 1 saturated carbocycles. The van der Waals surface area contributed by atoms with Crippen molar-refractivity contribution in [1.29, 1.82) is 0 Å². The van der Waals surface area contributed by atoms with E-state index in [-0.39, 0.29) is 23.2 Å². The molecule has 4 aromatic rings. The average molecular weight is 563 g/mol. The quantitative estimate of drug-likeness (QED) is 0.0937. The van der Waals surface area contributed by atoms with Gasteiger partial charge in [-0.3, -0.25) is 14.4 Å². The molecule has 42 heavy (non-hydrogen) atoms. The molecule has 0 heterocycles. The summed E-state index contributed by atoms with van der Waals surface area (Å²) in [6, 6.07) is 26.2. The van der Waals surface area contributed by atoms with Gasteiger partial charge >= 0.3 is 17.8 Å². The molecule has 0 unspecified atom stereocenters. The molecule has 0 saturated heterocycles. The maximum atomic E-state index is 12.8. The number of fused-ring (bicyclic) bond motifs is 1. The molecule has 9 nitrogen and oxygen atoms in total. The molecule has 9 heteroatoms. The van der Waals surface area contributed by atoms with Gasteiger partial charge in [-0.05, 0) is 71.6 Å². The first-order chi connectivity index (χ1) is 20.5. The van der Waals surface area contributed by atoms with E-state index in [0.29, 0.717) is 16.9 Å². The van der Waals surface area contributed by atoms with Crippen LogP contribution in [0.4, 0.5) is 5.69 Å². The van der Waals surface area contributed by atoms with Crippen LogP contribution in [0, 0.1) is 0 Å². The maximum Gasteiger partial charge on any atom is 0.344 e. The van der Waals surface area contributed by atoms with Gasteiger partial charge in [-0.25, -0.2) is 10.2 Å². The molecule has 0 radical (unpaired) electrons. The number of carbonyl (C=O) groups is 4. The minimum absolute atomic E-state index is 0.109. The lowest BCUT2D eigenvalue weighted by atomic mass is 9.95. The van der Waals surface area contributed by atoms with E-state index in [1.54, 1.807) is 60.7 Å². The van der Waals surface area contributed by atoms with E-state index in [4.69, 9.17) is 4.74 Å². The Balaban J connectivity index is 1.14. The molecule has 0 aliphatic heterocycles. The number of hydrogen-bond acceptors (Lipinski definition) is 6. The number of benzene rings is 4. The summed E-state index contributed by atoms with van der Waals surface area (Å²) < 4.78 is 5.53. The monoisotopic (exact) mass is 562 g/mol. The van der Waals surface area contributed by atoms with Gasteiger partial charge in [0.05, 0.1) is 23.0 Å². The lowest BCUT2D eigenvalue weighted by Gasteiger charge is -2.23. The number of nitrogens with one attached hydrogen (secondary N) is 3. The number of hydrazone groups is 1. The normalized spacial score (nSPS) is 13.4. The summed E-state index contributed by atoms with van der Waals surface area (Å²) in [4.78, 5) is 50.4. The number of ether oxygens (including phenoxy) is 1. The highest BCUT2D eigenvalue weighted by Crippen LogP contribution is 2.22. The third kappa shape index (κ3) is 7.06. The zero-order valence-electron chi connectivity index (χ0n) is 22.8. The van der Waals surface area contributed by atoms with Crippen LogP contribution >= 0.6 is 0 Å². The van der Waals surface area contributed by atoms with Gasteiger partial charge in [-0.1, -0.05) is 67.8 Å². The second-order valence-electron chi connectivity index (χ2n) is 9.99. The van der Waals surface area contributed by atoms with Crippen LogP contribution in [0.3, 0.4) is 0 Å². The molecule has 1 fully saturated rings. The van der Waals surface area contributed by atoms with Crippen LogP contribution in [0.5, 0.6) is 5.75 Å². The third-order valence-electron chi connectivity index (χ3n) is 7.05. The highest BCUT2D eigenvalue weighted by atomic mass is 16.5. The molecule has 0 atom stereocenters. The van der Waals surface area contributed by atoms with Gasteiger partial charge in [-0.15, -0.1) is 0 Å². The van der Waals surface area contributed by atoms with Crippen LogP contribution in [0.1, 0.15) is 58.4 Å². The van der Waals surface area contributed by atoms with Crippen LogP contribution in [0.15, 0.2) is 96.1 Å². The van der Waals surface area contributed by atoms with Gasteiger partial charge in [-0.2, -0.15) is 5.10 Å². The Labute approximate surface area is 243 Å². The minimum Gasteiger partial charge on any atom is -0.423 e. The fourth-order valence-electron chi connectivity index (χ4n) is 4.88. The summed E-state index contributed by atoms with van der Waals surface area (Å²) in [6.45, 7) is 0. The SMILES string of the molecule is O=C(N/N=C/c1ccc(OC(=O)c2cccc3ccccc23)cc1)C(=O)Nc1ccccc1C(=O)NC1CCCCC1. The van der Waals surface area contributed by atoms with Crippen LogP contribution in [-0.2, 0) is 9.59 Å². The van der Waals surface area contributed by atoms with Crippen molar-refractivity contribution in [1.82, 2.24) is 10.7 Å². The molecule has 5 rings (SSSR count). The largest absolute Gasteiger partial charge is 0.423 e. The van der Waals surface area contributed by atoms with Crippen molar-refractivity contribution in [2.75, 3.05) is 5.32 Å². The second kappa shape index (κ2) is 13.4. The molecule has 3 amide bonds. The van der Waals surface area contributed by atoms with E-state index < -0.39 is 17.8 Å². The zero-order chi connectivity index (χ0) is 29.3. The summed E-state index contributed by atoms with van der Waals surface area (Å²) >= 11 is 0. The van der Waals surface area contributed by atoms with Crippen molar-refractivity contribution in [3.63, 3.8) is 0 Å². The highest BCUT2D eigenvalue weighted by Gasteiger charge is 2.21. The summed E-state index contributed by atoms with van der Waals surface area (Å²) in [5.41, 5.74) is 3.78. The number of nitrogens with zero attached hydrogens (tertiary/aromatic N) is 1. The number of para-hydroxylation sites is 1. The minimum atomic E-state index is -0.991. The van der Waals surface area contributed by atoms with Crippen molar-refractivity contribution in [3.05, 3.63) is 108 Å². The van der Waals surface area contributed by atoms with Crippen LogP contribution < -0.4 is 20.8 Å². The van der Waals surface area contributed by atoms with E-state index in [0.717, 1.165) is 36.5 Å². The lowest BCUT2D eigenvalue weighted by molar-refractivity contribution is -0.136. The van der Waals surface area contributed by atoms with E-state index >= 15 is 0 Å². The van der Waals surface area contributed by atoms with Crippen LogP contribution in [0.2, 0.25) is 0 Å². The summed E-state index contributed by atoms with van der Waals surface area (Å²) in [7, 11) is 0. The Bertz CT molecular complexity index is 1640. The van der Waals surface area contributed by atoms with Gasteiger partial charge in [0.1, 0.15) is 5.75 Å². The zero-order valence-corrected chi connectivity index (χ0v) is 22.8. The van der Waals surface area contributed by atoms with Gasteiger partial charge in [0, 0.05) is 6.04 Å². The molecule has 3 N–H and O–H groups in total. The summed E-state index contributed by atoms with van der Waals surface area (Å²) in [5.74, 6) is -2.36. The van der Waals surface area contributed by atoms with Crippen molar-refractivity contribution in [2.24, 2.45) is 5.10 Å². The van der Waals surface area contributed by atoms with Gasteiger partial charge < -0.3 is 15.4 Å². The molecule has 4 aromatic carbocycles.